The number of rotatable bonds is 11. The molecule has 3 aromatic carbocycles. The molecule has 44 heavy (non-hydrogen) atoms. The molecule has 3 aromatic rings. The molecule has 2 fully saturated rings. The van der Waals surface area contributed by atoms with Crippen molar-refractivity contribution in [1.29, 1.82) is 0 Å². The number of fused-ring (bicyclic) bond motifs is 1. The number of carbonyl (C=O) groups is 3. The fourth-order valence-corrected chi connectivity index (χ4v) is 6.84. The van der Waals surface area contributed by atoms with Crippen LogP contribution in [0.4, 0.5) is 0 Å². The summed E-state index contributed by atoms with van der Waals surface area (Å²) >= 11 is 0. The maximum absolute atomic E-state index is 14.3. The van der Waals surface area contributed by atoms with E-state index >= 15 is 0 Å². The van der Waals surface area contributed by atoms with Gasteiger partial charge in [0.2, 0.25) is 17.7 Å². The average Bonchev–Trinajstić information content (AvgIpc) is 3.62. The van der Waals surface area contributed by atoms with Crippen LogP contribution in [0.2, 0.25) is 0 Å². The second kappa shape index (κ2) is 11.8. The van der Waals surface area contributed by atoms with E-state index in [4.69, 9.17) is 14.2 Å². The van der Waals surface area contributed by atoms with Crippen molar-refractivity contribution >= 4 is 17.7 Å². The van der Waals surface area contributed by atoms with Gasteiger partial charge in [-0.15, -0.1) is 0 Å². The molecule has 3 aliphatic heterocycles. The Kier molecular flexibility index (Phi) is 7.90. The summed E-state index contributed by atoms with van der Waals surface area (Å²) in [6.07, 6.45) is 4.21. The zero-order valence-corrected chi connectivity index (χ0v) is 25.1. The molecule has 2 saturated heterocycles. The van der Waals surface area contributed by atoms with E-state index in [0.717, 1.165) is 28.2 Å². The highest BCUT2D eigenvalue weighted by Gasteiger charge is 2.76. The molecule has 2 N–H and O–H groups in total. The number of methoxy groups -OCH3 is 2. The van der Waals surface area contributed by atoms with Gasteiger partial charge in [0.05, 0.1) is 31.7 Å². The summed E-state index contributed by atoms with van der Waals surface area (Å²) in [4.78, 5) is 43.7. The topological polar surface area (TPSA) is 106 Å². The van der Waals surface area contributed by atoms with E-state index in [9.17, 15) is 14.4 Å². The molecule has 228 valence electrons. The molecule has 0 aliphatic carbocycles. The highest BCUT2D eigenvalue weighted by molar-refractivity contribution is 6.00. The molecule has 3 aliphatic rings. The molecule has 9 nitrogen and oxygen atoms in total. The number of nitrogens with zero attached hydrogens (tertiary/aromatic N) is 1. The van der Waals surface area contributed by atoms with Crippen LogP contribution in [0.15, 0.2) is 91.0 Å². The Hall–Kier alpha value is -4.63. The standard InChI is InChI=1S/C35H37N3O6/c1-34-18-19-35(44-34)29(28(34)31(39)36-22-25-11-15-27(43-3)16-12-25)33(41)38(20-17-23-9-13-26(42-2)14-10-23)30(35)32(40)37-21-24-7-5-4-6-8-24/h4-16,18-19,28-30H,17,20-22H2,1-3H3,(H,36,39)(H,37,40)/t28-,29+,30+,34-,35+/m1/s1. The third-order valence-corrected chi connectivity index (χ3v) is 9.06. The van der Waals surface area contributed by atoms with Crippen molar-refractivity contribution in [3.8, 4) is 11.5 Å². The summed E-state index contributed by atoms with van der Waals surface area (Å²) in [5.74, 6) is -1.02. The number of hydrogen-bond donors (Lipinski definition) is 2. The van der Waals surface area contributed by atoms with Gasteiger partial charge in [-0.2, -0.15) is 0 Å². The lowest BCUT2D eigenvalue weighted by atomic mass is 9.70. The summed E-state index contributed by atoms with van der Waals surface area (Å²) in [5, 5.41) is 6.05. The molecule has 0 radical (unpaired) electrons. The van der Waals surface area contributed by atoms with Crippen LogP contribution in [0.3, 0.4) is 0 Å². The Balaban J connectivity index is 1.26. The second-order valence-electron chi connectivity index (χ2n) is 11.7. The van der Waals surface area contributed by atoms with Crippen LogP contribution in [0.25, 0.3) is 0 Å². The first kappa shape index (κ1) is 29.4. The van der Waals surface area contributed by atoms with E-state index in [-0.39, 0.29) is 24.3 Å². The minimum Gasteiger partial charge on any atom is -0.497 e. The van der Waals surface area contributed by atoms with Gasteiger partial charge in [0.1, 0.15) is 23.1 Å². The van der Waals surface area contributed by atoms with Crippen molar-refractivity contribution in [2.45, 2.75) is 43.7 Å². The molecule has 3 amide bonds. The third kappa shape index (κ3) is 5.21. The number of carbonyl (C=O) groups excluding carboxylic acids is 3. The summed E-state index contributed by atoms with van der Waals surface area (Å²) in [6, 6.07) is 23.8. The number of ether oxygens (including phenoxy) is 3. The Morgan fingerprint density at radius 3 is 1.98 bits per heavy atom. The summed E-state index contributed by atoms with van der Waals surface area (Å²) < 4.78 is 17.1. The Bertz CT molecular complexity index is 1560. The summed E-state index contributed by atoms with van der Waals surface area (Å²) in [7, 11) is 3.21. The first-order chi connectivity index (χ1) is 21.3. The molecular formula is C35H37N3O6. The number of hydrogen-bond acceptors (Lipinski definition) is 6. The van der Waals surface area contributed by atoms with Crippen molar-refractivity contribution in [2.24, 2.45) is 11.8 Å². The molecule has 5 atom stereocenters. The van der Waals surface area contributed by atoms with Crippen LogP contribution in [0.5, 0.6) is 11.5 Å². The van der Waals surface area contributed by atoms with Crippen LogP contribution in [0, 0.1) is 11.8 Å². The Morgan fingerprint density at radius 2 is 1.36 bits per heavy atom. The molecule has 3 heterocycles. The predicted molar refractivity (Wildman–Crippen MR) is 164 cm³/mol. The van der Waals surface area contributed by atoms with Crippen LogP contribution < -0.4 is 20.1 Å². The van der Waals surface area contributed by atoms with E-state index in [1.807, 2.05) is 97.9 Å². The minimum absolute atomic E-state index is 0.254. The summed E-state index contributed by atoms with van der Waals surface area (Å²) in [5.41, 5.74) is 0.562. The highest BCUT2D eigenvalue weighted by atomic mass is 16.5. The van der Waals surface area contributed by atoms with E-state index in [1.165, 1.54) is 0 Å². The summed E-state index contributed by atoms with van der Waals surface area (Å²) in [6.45, 7) is 2.71. The van der Waals surface area contributed by atoms with Gasteiger partial charge in [-0.05, 0) is 54.3 Å². The van der Waals surface area contributed by atoms with Crippen molar-refractivity contribution in [3.05, 3.63) is 108 Å². The van der Waals surface area contributed by atoms with E-state index in [2.05, 4.69) is 10.6 Å². The second-order valence-corrected chi connectivity index (χ2v) is 11.7. The Morgan fingerprint density at radius 1 is 0.795 bits per heavy atom. The van der Waals surface area contributed by atoms with Gasteiger partial charge in [-0.1, -0.05) is 66.7 Å². The maximum atomic E-state index is 14.3. The molecule has 0 aromatic heterocycles. The van der Waals surface area contributed by atoms with Crippen molar-refractivity contribution in [1.82, 2.24) is 15.5 Å². The quantitative estimate of drug-likeness (QED) is 0.329. The number of amides is 3. The van der Waals surface area contributed by atoms with Crippen LogP contribution in [0.1, 0.15) is 23.6 Å². The maximum Gasteiger partial charge on any atom is 0.246 e. The van der Waals surface area contributed by atoms with Gasteiger partial charge in [-0.3, -0.25) is 14.4 Å². The smallest absolute Gasteiger partial charge is 0.246 e. The van der Waals surface area contributed by atoms with Crippen LogP contribution in [-0.2, 0) is 38.6 Å². The fraction of sp³-hybridized carbons (Fsp3) is 0.343. The van der Waals surface area contributed by atoms with Crippen LogP contribution in [-0.4, -0.2) is 60.6 Å². The molecule has 6 rings (SSSR count). The lowest BCUT2D eigenvalue weighted by Crippen LogP contribution is -2.55. The fourth-order valence-electron chi connectivity index (χ4n) is 6.84. The molecule has 1 spiro atoms. The molecule has 0 saturated carbocycles. The molecule has 0 unspecified atom stereocenters. The minimum atomic E-state index is -1.26. The highest BCUT2D eigenvalue weighted by Crippen LogP contribution is 2.59. The Labute approximate surface area is 257 Å². The normalized spacial score (nSPS) is 26.4. The lowest BCUT2D eigenvalue weighted by Gasteiger charge is -2.33. The van der Waals surface area contributed by atoms with E-state index in [0.29, 0.717) is 19.5 Å². The number of benzene rings is 3. The first-order valence-electron chi connectivity index (χ1n) is 14.8. The van der Waals surface area contributed by atoms with E-state index < -0.39 is 29.1 Å². The van der Waals surface area contributed by atoms with Gasteiger partial charge in [0.15, 0.2) is 0 Å². The largest absolute Gasteiger partial charge is 0.497 e. The molecular weight excluding hydrogens is 558 g/mol. The number of likely N-dealkylation sites (tertiary alicyclic amines) is 1. The molecule has 9 heteroatoms. The zero-order chi connectivity index (χ0) is 30.9. The van der Waals surface area contributed by atoms with Crippen LogP contribution >= 0.6 is 0 Å². The zero-order valence-electron chi connectivity index (χ0n) is 25.1. The van der Waals surface area contributed by atoms with Gasteiger partial charge in [0, 0.05) is 19.6 Å². The first-order valence-corrected chi connectivity index (χ1v) is 14.8. The SMILES string of the molecule is COc1ccc(CCN2C(=O)[C@@H]3[C@H](C(=O)NCc4ccc(OC)cc4)[C@@]4(C)C=C[C@@]3(O4)[C@@H]2C(=O)NCc2ccccc2)cc1. The average molecular weight is 596 g/mol. The van der Waals surface area contributed by atoms with Gasteiger partial charge < -0.3 is 29.7 Å². The number of nitrogens with one attached hydrogen (secondary N) is 2. The third-order valence-electron chi connectivity index (χ3n) is 9.06. The lowest BCUT2D eigenvalue weighted by molar-refractivity contribution is -0.145. The van der Waals surface area contributed by atoms with Crippen molar-refractivity contribution in [2.75, 3.05) is 20.8 Å². The van der Waals surface area contributed by atoms with Gasteiger partial charge in [0.25, 0.3) is 0 Å². The van der Waals surface area contributed by atoms with Gasteiger partial charge in [-0.25, -0.2) is 0 Å². The monoisotopic (exact) mass is 595 g/mol. The molecule has 2 bridgehead atoms. The van der Waals surface area contributed by atoms with Crippen molar-refractivity contribution in [3.63, 3.8) is 0 Å². The van der Waals surface area contributed by atoms with Crippen molar-refractivity contribution < 1.29 is 28.6 Å². The van der Waals surface area contributed by atoms with E-state index in [1.54, 1.807) is 19.1 Å². The van der Waals surface area contributed by atoms with Gasteiger partial charge >= 0.3 is 0 Å². The predicted octanol–water partition coefficient (Wildman–Crippen LogP) is 3.42.